The van der Waals surface area contributed by atoms with Gasteiger partial charge in [-0.1, -0.05) is 18.2 Å². The van der Waals surface area contributed by atoms with E-state index in [9.17, 15) is 4.39 Å². The SMILES string of the molecule is CN(CCc1ccccc1F)C1CC1. The lowest BCUT2D eigenvalue weighted by Gasteiger charge is -2.15. The molecule has 0 N–H and O–H groups in total. The van der Waals surface area contributed by atoms with Crippen LogP contribution < -0.4 is 0 Å². The van der Waals surface area contributed by atoms with Crippen molar-refractivity contribution in [2.24, 2.45) is 0 Å². The summed E-state index contributed by atoms with van der Waals surface area (Å²) in [6, 6.07) is 7.81. The third kappa shape index (κ3) is 2.32. The summed E-state index contributed by atoms with van der Waals surface area (Å²) < 4.78 is 13.2. The van der Waals surface area contributed by atoms with Gasteiger partial charge < -0.3 is 4.90 Å². The minimum atomic E-state index is -0.0725. The molecule has 1 aliphatic carbocycles. The zero-order chi connectivity index (χ0) is 9.97. The van der Waals surface area contributed by atoms with E-state index < -0.39 is 0 Å². The molecule has 0 saturated heterocycles. The summed E-state index contributed by atoms with van der Waals surface area (Å²) in [5.41, 5.74) is 0.833. The number of benzene rings is 1. The van der Waals surface area contributed by atoms with E-state index in [0.717, 1.165) is 24.6 Å². The lowest BCUT2D eigenvalue weighted by molar-refractivity contribution is 0.327. The Kier molecular flexibility index (Phi) is 2.82. The molecule has 0 unspecified atom stereocenters. The van der Waals surface area contributed by atoms with Gasteiger partial charge in [0.05, 0.1) is 0 Å². The first kappa shape index (κ1) is 9.66. The van der Waals surface area contributed by atoms with Crippen LogP contribution >= 0.6 is 0 Å². The molecular weight excluding hydrogens is 177 g/mol. The number of hydrogen-bond donors (Lipinski definition) is 0. The topological polar surface area (TPSA) is 3.24 Å². The molecule has 0 aliphatic heterocycles. The molecule has 2 heteroatoms. The van der Waals surface area contributed by atoms with Gasteiger partial charge in [-0.05, 0) is 37.9 Å². The summed E-state index contributed by atoms with van der Waals surface area (Å²) in [6.07, 6.45) is 3.45. The first-order valence-corrected chi connectivity index (χ1v) is 5.21. The fraction of sp³-hybridized carbons (Fsp3) is 0.500. The van der Waals surface area contributed by atoms with E-state index in [0.29, 0.717) is 0 Å². The summed E-state index contributed by atoms with van der Waals surface area (Å²) in [5.74, 6) is -0.0725. The second-order valence-corrected chi connectivity index (χ2v) is 4.05. The third-order valence-corrected chi connectivity index (χ3v) is 2.86. The molecule has 0 radical (unpaired) electrons. The van der Waals surface area contributed by atoms with Crippen molar-refractivity contribution in [1.82, 2.24) is 4.90 Å². The van der Waals surface area contributed by atoms with Crippen molar-refractivity contribution in [2.45, 2.75) is 25.3 Å². The maximum atomic E-state index is 13.2. The second kappa shape index (κ2) is 4.09. The molecule has 1 aromatic rings. The van der Waals surface area contributed by atoms with Crippen LogP contribution in [0.2, 0.25) is 0 Å². The number of likely N-dealkylation sites (N-methyl/N-ethyl adjacent to an activating group) is 1. The number of rotatable bonds is 4. The van der Waals surface area contributed by atoms with E-state index in [2.05, 4.69) is 11.9 Å². The van der Waals surface area contributed by atoms with Gasteiger partial charge in [0.1, 0.15) is 5.82 Å². The van der Waals surface area contributed by atoms with Crippen LogP contribution in [-0.4, -0.2) is 24.5 Å². The molecule has 76 valence electrons. The number of hydrogen-bond acceptors (Lipinski definition) is 1. The van der Waals surface area contributed by atoms with Crippen LogP contribution in [0.3, 0.4) is 0 Å². The molecule has 0 spiro atoms. The summed E-state index contributed by atoms with van der Waals surface area (Å²) in [4.78, 5) is 2.33. The Hall–Kier alpha value is -0.890. The Labute approximate surface area is 84.5 Å². The molecule has 0 atom stereocenters. The highest BCUT2D eigenvalue weighted by molar-refractivity contribution is 5.17. The highest BCUT2D eigenvalue weighted by atomic mass is 19.1. The summed E-state index contributed by atoms with van der Waals surface area (Å²) >= 11 is 0. The van der Waals surface area contributed by atoms with Crippen LogP contribution in [0, 0.1) is 5.82 Å². The molecule has 0 aromatic heterocycles. The molecule has 0 bridgehead atoms. The fourth-order valence-corrected chi connectivity index (χ4v) is 1.70. The Morgan fingerprint density at radius 1 is 1.36 bits per heavy atom. The van der Waals surface area contributed by atoms with Gasteiger partial charge >= 0.3 is 0 Å². The Morgan fingerprint density at radius 2 is 2.07 bits per heavy atom. The van der Waals surface area contributed by atoms with Gasteiger partial charge in [-0.3, -0.25) is 0 Å². The average Bonchev–Trinajstić information content (AvgIpc) is 2.99. The highest BCUT2D eigenvalue weighted by Gasteiger charge is 2.25. The van der Waals surface area contributed by atoms with Crippen molar-refractivity contribution in [3.05, 3.63) is 35.6 Å². The first-order chi connectivity index (χ1) is 6.77. The summed E-state index contributed by atoms with van der Waals surface area (Å²) in [5, 5.41) is 0. The van der Waals surface area contributed by atoms with E-state index in [1.165, 1.54) is 18.9 Å². The lowest BCUT2D eigenvalue weighted by Crippen LogP contribution is -2.23. The van der Waals surface area contributed by atoms with Crippen molar-refractivity contribution in [1.29, 1.82) is 0 Å². The minimum absolute atomic E-state index is 0.0725. The van der Waals surface area contributed by atoms with Crippen molar-refractivity contribution in [2.75, 3.05) is 13.6 Å². The van der Waals surface area contributed by atoms with Gasteiger partial charge in [0.2, 0.25) is 0 Å². The molecule has 1 nitrogen and oxygen atoms in total. The van der Waals surface area contributed by atoms with Crippen LogP contribution in [0.4, 0.5) is 4.39 Å². The van der Waals surface area contributed by atoms with E-state index >= 15 is 0 Å². The van der Waals surface area contributed by atoms with Crippen LogP contribution in [0.5, 0.6) is 0 Å². The van der Waals surface area contributed by atoms with E-state index in [-0.39, 0.29) is 5.82 Å². The van der Waals surface area contributed by atoms with Crippen molar-refractivity contribution < 1.29 is 4.39 Å². The molecule has 1 saturated carbocycles. The average molecular weight is 193 g/mol. The van der Waals surface area contributed by atoms with Crippen LogP contribution in [0.15, 0.2) is 24.3 Å². The van der Waals surface area contributed by atoms with E-state index in [1.54, 1.807) is 6.07 Å². The highest BCUT2D eigenvalue weighted by Crippen LogP contribution is 2.25. The molecule has 0 amide bonds. The van der Waals surface area contributed by atoms with Gasteiger partial charge in [-0.15, -0.1) is 0 Å². The standard InChI is InChI=1S/C12H16FN/c1-14(11-6-7-11)9-8-10-4-2-3-5-12(10)13/h2-5,11H,6-9H2,1H3. The third-order valence-electron chi connectivity index (χ3n) is 2.86. The first-order valence-electron chi connectivity index (χ1n) is 5.21. The zero-order valence-electron chi connectivity index (χ0n) is 8.54. The molecule has 0 heterocycles. The summed E-state index contributed by atoms with van der Waals surface area (Å²) in [7, 11) is 2.12. The van der Waals surface area contributed by atoms with Crippen molar-refractivity contribution >= 4 is 0 Å². The Balaban J connectivity index is 1.87. The number of halogens is 1. The van der Waals surface area contributed by atoms with Gasteiger partial charge in [0.25, 0.3) is 0 Å². The maximum absolute atomic E-state index is 13.2. The molecule has 1 aromatic carbocycles. The Bertz CT molecular complexity index is 307. The largest absolute Gasteiger partial charge is 0.303 e. The van der Waals surface area contributed by atoms with Crippen LogP contribution in [0.1, 0.15) is 18.4 Å². The van der Waals surface area contributed by atoms with Crippen LogP contribution in [0.25, 0.3) is 0 Å². The smallest absolute Gasteiger partial charge is 0.126 e. The molecule has 1 aliphatic rings. The quantitative estimate of drug-likeness (QED) is 0.710. The predicted molar refractivity (Wildman–Crippen MR) is 55.8 cm³/mol. The molecule has 1 fully saturated rings. The van der Waals surface area contributed by atoms with Gasteiger partial charge in [-0.25, -0.2) is 4.39 Å². The second-order valence-electron chi connectivity index (χ2n) is 4.05. The predicted octanol–water partition coefficient (Wildman–Crippen LogP) is 2.46. The number of nitrogens with zero attached hydrogens (tertiary/aromatic N) is 1. The molecule has 14 heavy (non-hydrogen) atoms. The molecule has 2 rings (SSSR count). The normalized spacial score (nSPS) is 16.2. The monoisotopic (exact) mass is 193 g/mol. The van der Waals surface area contributed by atoms with Crippen molar-refractivity contribution in [3.63, 3.8) is 0 Å². The van der Waals surface area contributed by atoms with Gasteiger partial charge in [-0.2, -0.15) is 0 Å². The van der Waals surface area contributed by atoms with E-state index in [4.69, 9.17) is 0 Å². The Morgan fingerprint density at radius 3 is 2.71 bits per heavy atom. The zero-order valence-corrected chi connectivity index (χ0v) is 8.54. The van der Waals surface area contributed by atoms with Crippen molar-refractivity contribution in [3.8, 4) is 0 Å². The fourth-order valence-electron chi connectivity index (χ4n) is 1.70. The van der Waals surface area contributed by atoms with Gasteiger partial charge in [0, 0.05) is 12.6 Å². The lowest BCUT2D eigenvalue weighted by atomic mass is 10.1. The summed E-state index contributed by atoms with van der Waals surface area (Å²) in [6.45, 7) is 0.964. The molecular formula is C12H16FN. The van der Waals surface area contributed by atoms with Gasteiger partial charge in [0.15, 0.2) is 0 Å². The van der Waals surface area contributed by atoms with Crippen LogP contribution in [-0.2, 0) is 6.42 Å². The van der Waals surface area contributed by atoms with E-state index in [1.807, 2.05) is 12.1 Å². The maximum Gasteiger partial charge on any atom is 0.126 e. The minimum Gasteiger partial charge on any atom is -0.303 e.